The van der Waals surface area contributed by atoms with Gasteiger partial charge < -0.3 is 10.3 Å². The molecule has 88 valence electrons. The predicted octanol–water partition coefficient (Wildman–Crippen LogP) is 3.19. The highest BCUT2D eigenvalue weighted by Gasteiger charge is 2.13. The van der Waals surface area contributed by atoms with Crippen molar-refractivity contribution >= 4 is 23.0 Å². The van der Waals surface area contributed by atoms with Crippen molar-refractivity contribution in [3.8, 4) is 0 Å². The van der Waals surface area contributed by atoms with Crippen LogP contribution in [0, 0.1) is 10.1 Å². The summed E-state index contributed by atoms with van der Waals surface area (Å²) in [5.41, 5.74) is 1.46. The molecule has 0 bridgehead atoms. The van der Waals surface area contributed by atoms with Crippen LogP contribution in [0.1, 0.15) is 5.56 Å². The number of hydrogen-bond donors (Lipinski definition) is 2. The Morgan fingerprint density at radius 1 is 1.41 bits per heavy atom. The number of halogens is 1. The SMILES string of the molecule is O=[N+]([O-])c1cc(Cl)ccc1NCc1cc[nH]c1. The third kappa shape index (κ3) is 2.76. The van der Waals surface area contributed by atoms with E-state index < -0.39 is 4.92 Å². The van der Waals surface area contributed by atoms with E-state index in [2.05, 4.69) is 10.3 Å². The molecule has 0 saturated heterocycles. The molecule has 6 heteroatoms. The molecule has 17 heavy (non-hydrogen) atoms. The fourth-order valence-corrected chi connectivity index (χ4v) is 1.64. The molecule has 0 saturated carbocycles. The van der Waals surface area contributed by atoms with Crippen molar-refractivity contribution in [2.24, 2.45) is 0 Å². The fraction of sp³-hybridized carbons (Fsp3) is 0.0909. The third-order valence-electron chi connectivity index (χ3n) is 2.30. The first-order chi connectivity index (χ1) is 8.16. The lowest BCUT2D eigenvalue weighted by atomic mass is 10.2. The van der Waals surface area contributed by atoms with E-state index >= 15 is 0 Å². The number of aromatic nitrogens is 1. The Hall–Kier alpha value is -2.01. The van der Waals surface area contributed by atoms with E-state index in [1.807, 2.05) is 12.3 Å². The summed E-state index contributed by atoms with van der Waals surface area (Å²) in [5, 5.41) is 14.2. The van der Waals surface area contributed by atoms with Crippen LogP contribution in [0.2, 0.25) is 5.02 Å². The van der Waals surface area contributed by atoms with Gasteiger partial charge in [-0.1, -0.05) is 11.6 Å². The molecular formula is C11H10ClN3O2. The van der Waals surface area contributed by atoms with Crippen LogP contribution >= 0.6 is 11.6 Å². The zero-order valence-electron chi connectivity index (χ0n) is 8.81. The van der Waals surface area contributed by atoms with Gasteiger partial charge in [-0.05, 0) is 23.8 Å². The highest BCUT2D eigenvalue weighted by Crippen LogP contribution is 2.27. The molecule has 1 heterocycles. The normalized spacial score (nSPS) is 10.2. The highest BCUT2D eigenvalue weighted by atomic mass is 35.5. The molecule has 5 nitrogen and oxygen atoms in total. The monoisotopic (exact) mass is 251 g/mol. The van der Waals surface area contributed by atoms with Gasteiger partial charge in [-0.2, -0.15) is 0 Å². The molecule has 0 aliphatic heterocycles. The highest BCUT2D eigenvalue weighted by molar-refractivity contribution is 6.30. The van der Waals surface area contributed by atoms with Crippen molar-refractivity contribution < 1.29 is 4.92 Å². The van der Waals surface area contributed by atoms with Crippen LogP contribution in [0.25, 0.3) is 0 Å². The number of nitro benzene ring substituents is 1. The largest absolute Gasteiger partial charge is 0.375 e. The van der Waals surface area contributed by atoms with Crippen LogP contribution in [-0.2, 0) is 6.54 Å². The molecule has 2 aromatic rings. The minimum atomic E-state index is -0.453. The summed E-state index contributed by atoms with van der Waals surface area (Å²) in [5.74, 6) is 0. The number of anilines is 1. The van der Waals surface area contributed by atoms with Crippen molar-refractivity contribution in [2.45, 2.75) is 6.54 Å². The van der Waals surface area contributed by atoms with Gasteiger partial charge in [0.25, 0.3) is 5.69 Å². The first-order valence-electron chi connectivity index (χ1n) is 4.96. The van der Waals surface area contributed by atoms with Crippen molar-refractivity contribution in [3.63, 3.8) is 0 Å². The first kappa shape index (κ1) is 11.5. The number of benzene rings is 1. The summed E-state index contributed by atoms with van der Waals surface area (Å²) < 4.78 is 0. The van der Waals surface area contributed by atoms with Gasteiger partial charge in [0.05, 0.1) is 4.92 Å². The summed E-state index contributed by atoms with van der Waals surface area (Å²) in [6.07, 6.45) is 3.63. The quantitative estimate of drug-likeness (QED) is 0.648. The maximum absolute atomic E-state index is 10.8. The summed E-state index contributed by atoms with van der Waals surface area (Å²) >= 11 is 5.72. The van der Waals surface area contributed by atoms with E-state index in [1.165, 1.54) is 6.07 Å². The van der Waals surface area contributed by atoms with E-state index in [0.717, 1.165) is 5.56 Å². The zero-order valence-corrected chi connectivity index (χ0v) is 9.57. The van der Waals surface area contributed by atoms with E-state index in [0.29, 0.717) is 17.3 Å². The van der Waals surface area contributed by atoms with Gasteiger partial charge in [0.1, 0.15) is 5.69 Å². The van der Waals surface area contributed by atoms with Gasteiger partial charge >= 0.3 is 0 Å². The lowest BCUT2D eigenvalue weighted by Gasteiger charge is -2.06. The van der Waals surface area contributed by atoms with Crippen LogP contribution < -0.4 is 5.32 Å². The minimum Gasteiger partial charge on any atom is -0.375 e. The predicted molar refractivity (Wildman–Crippen MR) is 66.2 cm³/mol. The minimum absolute atomic E-state index is 0.0203. The fourth-order valence-electron chi connectivity index (χ4n) is 1.47. The maximum atomic E-state index is 10.8. The van der Waals surface area contributed by atoms with Gasteiger partial charge in [-0.3, -0.25) is 10.1 Å². The van der Waals surface area contributed by atoms with Gasteiger partial charge in [-0.15, -0.1) is 0 Å². The first-order valence-corrected chi connectivity index (χ1v) is 5.34. The molecule has 1 aromatic carbocycles. The topological polar surface area (TPSA) is 71.0 Å². The van der Waals surface area contributed by atoms with E-state index in [4.69, 9.17) is 11.6 Å². The Balaban J connectivity index is 2.17. The second-order valence-corrected chi connectivity index (χ2v) is 3.93. The Morgan fingerprint density at radius 3 is 2.88 bits per heavy atom. The number of aromatic amines is 1. The van der Waals surface area contributed by atoms with Crippen molar-refractivity contribution in [2.75, 3.05) is 5.32 Å². The van der Waals surface area contributed by atoms with E-state index in [-0.39, 0.29) is 5.69 Å². The molecule has 0 aliphatic rings. The second-order valence-electron chi connectivity index (χ2n) is 3.49. The number of H-pyrrole nitrogens is 1. The molecule has 0 spiro atoms. The van der Waals surface area contributed by atoms with Crippen molar-refractivity contribution in [1.29, 1.82) is 0 Å². The second kappa shape index (κ2) is 4.88. The summed E-state index contributed by atoms with van der Waals surface area (Å²) in [4.78, 5) is 13.3. The molecule has 0 radical (unpaired) electrons. The average Bonchev–Trinajstić information content (AvgIpc) is 2.80. The van der Waals surface area contributed by atoms with Crippen LogP contribution in [-0.4, -0.2) is 9.91 Å². The van der Waals surface area contributed by atoms with Gasteiger partial charge in [0.2, 0.25) is 0 Å². The average molecular weight is 252 g/mol. The molecule has 2 rings (SSSR count). The molecule has 0 unspecified atom stereocenters. The Labute approximate surface area is 103 Å². The standard InChI is InChI=1S/C11H10ClN3O2/c12-9-1-2-10(11(5-9)15(16)17)14-7-8-3-4-13-6-8/h1-6,13-14H,7H2. The maximum Gasteiger partial charge on any atom is 0.293 e. The third-order valence-corrected chi connectivity index (χ3v) is 2.54. The molecule has 1 aromatic heterocycles. The number of rotatable bonds is 4. The van der Waals surface area contributed by atoms with Crippen LogP contribution in [0.5, 0.6) is 0 Å². The summed E-state index contributed by atoms with van der Waals surface area (Å²) in [6.45, 7) is 0.520. The van der Waals surface area contributed by atoms with Gasteiger partial charge in [-0.25, -0.2) is 0 Å². The van der Waals surface area contributed by atoms with Crippen molar-refractivity contribution in [3.05, 3.63) is 57.4 Å². The Morgan fingerprint density at radius 2 is 2.24 bits per heavy atom. The van der Waals surface area contributed by atoms with Crippen LogP contribution in [0.3, 0.4) is 0 Å². The zero-order chi connectivity index (χ0) is 12.3. The Kier molecular flexibility index (Phi) is 3.30. The summed E-state index contributed by atoms with van der Waals surface area (Å²) in [7, 11) is 0. The molecule has 0 fully saturated rings. The lowest BCUT2D eigenvalue weighted by Crippen LogP contribution is -2.01. The van der Waals surface area contributed by atoms with Crippen molar-refractivity contribution in [1.82, 2.24) is 4.98 Å². The number of nitrogens with one attached hydrogen (secondary N) is 2. The molecule has 0 aliphatic carbocycles. The Bertz CT molecular complexity index is 526. The molecule has 0 amide bonds. The molecule has 2 N–H and O–H groups in total. The van der Waals surface area contributed by atoms with Crippen LogP contribution in [0.4, 0.5) is 11.4 Å². The number of nitrogens with zero attached hydrogens (tertiary/aromatic N) is 1. The number of hydrogen-bond acceptors (Lipinski definition) is 3. The molecular weight excluding hydrogens is 242 g/mol. The smallest absolute Gasteiger partial charge is 0.293 e. The van der Waals surface area contributed by atoms with Crippen LogP contribution in [0.15, 0.2) is 36.7 Å². The van der Waals surface area contributed by atoms with Gasteiger partial charge in [0, 0.05) is 30.0 Å². The molecule has 0 atom stereocenters. The van der Waals surface area contributed by atoms with E-state index in [1.54, 1.807) is 18.3 Å². The summed E-state index contributed by atoms with van der Waals surface area (Å²) in [6, 6.07) is 6.46. The van der Waals surface area contributed by atoms with Gasteiger partial charge in [0.15, 0.2) is 0 Å². The lowest BCUT2D eigenvalue weighted by molar-refractivity contribution is -0.383. The van der Waals surface area contributed by atoms with E-state index in [9.17, 15) is 10.1 Å². The number of nitro groups is 1.